The van der Waals surface area contributed by atoms with Gasteiger partial charge in [-0.15, -0.1) is 0 Å². The summed E-state index contributed by atoms with van der Waals surface area (Å²) in [5, 5.41) is 0.0197. The van der Waals surface area contributed by atoms with E-state index >= 15 is 0 Å². The molecule has 0 bridgehead atoms. The number of imidazole rings is 1. The van der Waals surface area contributed by atoms with Gasteiger partial charge in [0.25, 0.3) is 15.9 Å². The fourth-order valence-corrected chi connectivity index (χ4v) is 4.31. The monoisotopic (exact) mass is 356 g/mol. The van der Waals surface area contributed by atoms with Gasteiger partial charge in [0.15, 0.2) is 11.6 Å². The SMILES string of the molecule is CC(C)n1cnc(S(=O)(=O)N2CCC(N3C(=O)COC3=O)CC2)c1. The summed E-state index contributed by atoms with van der Waals surface area (Å²) in [6, 6.07) is -0.188. The average molecular weight is 356 g/mol. The molecule has 0 N–H and O–H groups in total. The standard InChI is InChI=1S/C14H20N4O5S/c1-10(2)16-7-12(15-9-16)24(21,22)17-5-3-11(4-6-17)18-13(19)8-23-14(18)20/h7,9-11H,3-6,8H2,1-2H3. The van der Waals surface area contributed by atoms with E-state index in [-0.39, 0.29) is 42.7 Å². The van der Waals surface area contributed by atoms with E-state index < -0.39 is 16.1 Å². The van der Waals surface area contributed by atoms with Crippen LogP contribution in [0.2, 0.25) is 0 Å². The van der Waals surface area contributed by atoms with Crippen molar-refractivity contribution in [2.45, 2.75) is 43.8 Å². The number of rotatable bonds is 4. The molecule has 2 saturated heterocycles. The van der Waals surface area contributed by atoms with Crippen LogP contribution in [0.15, 0.2) is 17.6 Å². The maximum atomic E-state index is 12.7. The third-order valence-corrected chi connectivity index (χ3v) is 6.14. The minimum Gasteiger partial charge on any atom is -0.439 e. The number of hydrogen-bond donors (Lipinski definition) is 0. The first-order valence-corrected chi connectivity index (χ1v) is 9.27. The second-order valence-corrected chi connectivity index (χ2v) is 8.09. The Labute approximate surface area is 140 Å². The largest absolute Gasteiger partial charge is 0.439 e. The molecule has 0 unspecified atom stereocenters. The van der Waals surface area contributed by atoms with E-state index in [0.29, 0.717) is 12.8 Å². The summed E-state index contributed by atoms with van der Waals surface area (Å²) >= 11 is 0. The van der Waals surface area contributed by atoms with E-state index in [2.05, 4.69) is 4.98 Å². The van der Waals surface area contributed by atoms with Gasteiger partial charge >= 0.3 is 6.09 Å². The highest BCUT2D eigenvalue weighted by Gasteiger charge is 2.40. The summed E-state index contributed by atoms with van der Waals surface area (Å²) in [7, 11) is -3.67. The van der Waals surface area contributed by atoms with E-state index in [1.807, 2.05) is 13.8 Å². The summed E-state index contributed by atoms with van der Waals surface area (Å²) in [5.41, 5.74) is 0. The van der Waals surface area contributed by atoms with Crippen LogP contribution in [0.5, 0.6) is 0 Å². The van der Waals surface area contributed by atoms with Crippen molar-refractivity contribution in [3.63, 3.8) is 0 Å². The Balaban J connectivity index is 1.69. The zero-order valence-corrected chi connectivity index (χ0v) is 14.4. The lowest BCUT2D eigenvalue weighted by atomic mass is 10.1. The van der Waals surface area contributed by atoms with E-state index in [1.165, 1.54) is 16.8 Å². The van der Waals surface area contributed by atoms with Crippen LogP contribution >= 0.6 is 0 Å². The maximum Gasteiger partial charge on any atom is 0.417 e. The number of piperidine rings is 1. The molecule has 10 heteroatoms. The Hall–Kier alpha value is -1.94. The molecule has 2 aliphatic rings. The quantitative estimate of drug-likeness (QED) is 0.783. The fourth-order valence-electron chi connectivity index (χ4n) is 2.92. The molecular weight excluding hydrogens is 336 g/mol. The van der Waals surface area contributed by atoms with Crippen molar-refractivity contribution in [2.24, 2.45) is 0 Å². The molecule has 3 rings (SSSR count). The number of cyclic esters (lactones) is 1. The molecule has 3 heterocycles. The van der Waals surface area contributed by atoms with Crippen LogP contribution in [0.4, 0.5) is 4.79 Å². The Morgan fingerprint density at radius 2 is 1.92 bits per heavy atom. The summed E-state index contributed by atoms with van der Waals surface area (Å²) in [5.74, 6) is -0.364. The molecular formula is C14H20N4O5S. The number of carbonyl (C=O) groups excluding carboxylic acids is 2. The maximum absolute atomic E-state index is 12.7. The lowest BCUT2D eigenvalue weighted by molar-refractivity contribution is -0.127. The van der Waals surface area contributed by atoms with Crippen molar-refractivity contribution in [3.8, 4) is 0 Å². The smallest absolute Gasteiger partial charge is 0.417 e. The number of aromatic nitrogens is 2. The molecule has 0 spiro atoms. The summed E-state index contributed by atoms with van der Waals surface area (Å²) in [6.07, 6.45) is 3.17. The number of sulfonamides is 1. The van der Waals surface area contributed by atoms with Crippen molar-refractivity contribution >= 4 is 22.0 Å². The highest BCUT2D eigenvalue weighted by molar-refractivity contribution is 7.89. The Morgan fingerprint density at radius 3 is 2.42 bits per heavy atom. The second-order valence-electron chi connectivity index (χ2n) is 6.21. The average Bonchev–Trinajstić information content (AvgIpc) is 3.15. The van der Waals surface area contributed by atoms with E-state index in [4.69, 9.17) is 4.74 Å². The molecule has 0 atom stereocenters. The van der Waals surface area contributed by atoms with Crippen LogP contribution in [0.3, 0.4) is 0 Å². The minimum absolute atomic E-state index is 0.0197. The van der Waals surface area contributed by atoms with Crippen LogP contribution in [0.1, 0.15) is 32.7 Å². The lowest BCUT2D eigenvalue weighted by Crippen LogP contribution is -2.48. The molecule has 132 valence electrons. The minimum atomic E-state index is -3.67. The van der Waals surface area contributed by atoms with Gasteiger partial charge in [-0.1, -0.05) is 0 Å². The van der Waals surface area contributed by atoms with Gasteiger partial charge in [0.1, 0.15) is 0 Å². The van der Waals surface area contributed by atoms with E-state index in [0.717, 1.165) is 4.90 Å². The number of ether oxygens (including phenoxy) is 1. The van der Waals surface area contributed by atoms with Crippen LogP contribution in [0.25, 0.3) is 0 Å². The molecule has 9 nitrogen and oxygen atoms in total. The molecule has 0 aromatic carbocycles. The van der Waals surface area contributed by atoms with Gasteiger partial charge in [-0.2, -0.15) is 4.31 Å². The molecule has 1 aromatic rings. The summed E-state index contributed by atoms with van der Waals surface area (Å²) in [6.45, 7) is 4.12. The molecule has 2 amide bonds. The first kappa shape index (κ1) is 16.9. The van der Waals surface area contributed by atoms with Crippen molar-refractivity contribution < 1.29 is 22.7 Å². The first-order valence-electron chi connectivity index (χ1n) is 7.83. The zero-order chi connectivity index (χ0) is 17.5. The van der Waals surface area contributed by atoms with Gasteiger partial charge in [-0.25, -0.2) is 23.1 Å². The van der Waals surface area contributed by atoms with Gasteiger partial charge in [0.05, 0.1) is 6.33 Å². The van der Waals surface area contributed by atoms with E-state index in [9.17, 15) is 18.0 Å². The third kappa shape index (κ3) is 2.91. The van der Waals surface area contributed by atoms with Gasteiger partial charge in [0.2, 0.25) is 0 Å². The van der Waals surface area contributed by atoms with Crippen molar-refractivity contribution in [3.05, 3.63) is 12.5 Å². The number of amides is 2. The normalized spacial score (nSPS) is 20.9. The predicted molar refractivity (Wildman–Crippen MR) is 82.6 cm³/mol. The van der Waals surface area contributed by atoms with Gasteiger partial charge < -0.3 is 9.30 Å². The predicted octanol–water partition coefficient (Wildman–Crippen LogP) is 0.596. The summed E-state index contributed by atoms with van der Waals surface area (Å²) in [4.78, 5) is 28.4. The van der Waals surface area contributed by atoms with Crippen molar-refractivity contribution in [1.82, 2.24) is 18.8 Å². The van der Waals surface area contributed by atoms with Crippen molar-refractivity contribution in [2.75, 3.05) is 19.7 Å². The van der Waals surface area contributed by atoms with Crippen LogP contribution < -0.4 is 0 Å². The molecule has 0 radical (unpaired) electrons. The number of hydrogen-bond acceptors (Lipinski definition) is 6. The van der Waals surface area contributed by atoms with Gasteiger partial charge in [-0.3, -0.25) is 4.79 Å². The molecule has 24 heavy (non-hydrogen) atoms. The topological polar surface area (TPSA) is 102 Å². The Kier molecular flexibility index (Phi) is 4.35. The number of imide groups is 1. The Morgan fingerprint density at radius 1 is 1.25 bits per heavy atom. The highest BCUT2D eigenvalue weighted by atomic mass is 32.2. The first-order chi connectivity index (χ1) is 11.3. The summed E-state index contributed by atoms with van der Waals surface area (Å²) < 4.78 is 33.1. The Bertz CT molecular complexity index is 733. The zero-order valence-electron chi connectivity index (χ0n) is 13.6. The van der Waals surface area contributed by atoms with E-state index in [1.54, 1.807) is 4.57 Å². The number of carbonyl (C=O) groups is 2. The number of nitrogens with zero attached hydrogens (tertiary/aromatic N) is 4. The van der Waals surface area contributed by atoms with Crippen LogP contribution in [-0.4, -0.2) is 64.9 Å². The second kappa shape index (κ2) is 6.17. The molecule has 2 aliphatic heterocycles. The van der Waals surface area contributed by atoms with Crippen molar-refractivity contribution in [1.29, 1.82) is 0 Å². The third-order valence-electron chi connectivity index (χ3n) is 4.35. The fraction of sp³-hybridized carbons (Fsp3) is 0.643. The molecule has 0 aliphatic carbocycles. The van der Waals surface area contributed by atoms with Crippen LogP contribution in [-0.2, 0) is 19.6 Å². The molecule has 1 aromatic heterocycles. The molecule has 0 saturated carbocycles. The van der Waals surface area contributed by atoms with Crippen LogP contribution in [0, 0.1) is 0 Å². The lowest BCUT2D eigenvalue weighted by Gasteiger charge is -2.33. The highest BCUT2D eigenvalue weighted by Crippen LogP contribution is 2.25. The van der Waals surface area contributed by atoms with Gasteiger partial charge in [0, 0.05) is 31.4 Å². The molecule has 2 fully saturated rings. The van der Waals surface area contributed by atoms with Gasteiger partial charge in [-0.05, 0) is 26.7 Å².